The molecule has 22 heavy (non-hydrogen) atoms. The Balaban J connectivity index is 1.57. The fraction of sp³-hybridized carbons (Fsp3) is 0.833. The van der Waals surface area contributed by atoms with Crippen molar-refractivity contribution in [1.82, 2.24) is 19.6 Å². The van der Waals surface area contributed by atoms with Crippen molar-refractivity contribution >= 4 is 12.1 Å². The summed E-state index contributed by atoms with van der Waals surface area (Å²) in [6.45, 7) is 0. The number of urea groups is 2. The second-order valence-corrected chi connectivity index (χ2v) is 5.85. The van der Waals surface area contributed by atoms with E-state index in [0.29, 0.717) is 0 Å². The molecule has 0 bridgehead atoms. The van der Waals surface area contributed by atoms with E-state index in [1.165, 1.54) is 19.6 Å². The molecular formula is C12H18N4O6. The fourth-order valence-corrected chi connectivity index (χ4v) is 3.20. The lowest BCUT2D eigenvalue weighted by molar-refractivity contribution is -0.438. The summed E-state index contributed by atoms with van der Waals surface area (Å²) in [5.74, 6) is 0. The molecule has 0 aromatic carbocycles. The van der Waals surface area contributed by atoms with E-state index in [0.717, 1.165) is 0 Å². The van der Waals surface area contributed by atoms with Gasteiger partial charge >= 0.3 is 12.1 Å². The van der Waals surface area contributed by atoms with Gasteiger partial charge < -0.3 is 18.9 Å². The van der Waals surface area contributed by atoms with E-state index in [4.69, 9.17) is 18.9 Å². The van der Waals surface area contributed by atoms with Gasteiger partial charge in [0.1, 0.15) is 0 Å². The standard InChI is InChI=1S/C12H18N4O6/c1-13-5-6(14(2)11(13)17)20-10-9(19-5)21-7-8(22-10)16(4)12(18)15(7)3/h5-10H,1-4H3/t5-,6-,7-,8+,9?,10?/m1/s1. The van der Waals surface area contributed by atoms with Gasteiger partial charge in [0.15, 0.2) is 24.9 Å². The van der Waals surface area contributed by atoms with Crippen LogP contribution in [0.15, 0.2) is 0 Å². The molecule has 0 spiro atoms. The highest BCUT2D eigenvalue weighted by molar-refractivity contribution is 5.77. The number of fused-ring (bicyclic) bond motifs is 3. The minimum Gasteiger partial charge on any atom is -0.319 e. The van der Waals surface area contributed by atoms with Crippen LogP contribution in [0.2, 0.25) is 0 Å². The van der Waals surface area contributed by atoms with Crippen LogP contribution in [0.25, 0.3) is 0 Å². The maximum atomic E-state index is 12.0. The lowest BCUT2D eigenvalue weighted by Gasteiger charge is -2.45. The smallest absolute Gasteiger partial charge is 0.319 e. The third-order valence-electron chi connectivity index (χ3n) is 4.54. The van der Waals surface area contributed by atoms with Crippen molar-refractivity contribution in [3.8, 4) is 0 Å². The first-order valence-electron chi connectivity index (χ1n) is 7.01. The van der Waals surface area contributed by atoms with Gasteiger partial charge in [0.2, 0.25) is 12.6 Å². The van der Waals surface area contributed by atoms with Gasteiger partial charge in [-0.1, -0.05) is 0 Å². The molecule has 0 saturated carbocycles. The summed E-state index contributed by atoms with van der Waals surface area (Å²) in [6.07, 6.45) is -3.88. The van der Waals surface area contributed by atoms with Gasteiger partial charge in [-0.15, -0.1) is 0 Å². The molecule has 4 aliphatic rings. The van der Waals surface area contributed by atoms with Gasteiger partial charge in [-0.05, 0) is 0 Å². The van der Waals surface area contributed by atoms with Crippen LogP contribution in [0.1, 0.15) is 0 Å². The van der Waals surface area contributed by atoms with Crippen molar-refractivity contribution in [2.45, 2.75) is 37.5 Å². The molecule has 0 aromatic heterocycles. The Morgan fingerprint density at radius 2 is 0.818 bits per heavy atom. The molecule has 4 aliphatic heterocycles. The summed E-state index contributed by atoms with van der Waals surface area (Å²) in [4.78, 5) is 29.7. The largest absolute Gasteiger partial charge is 0.323 e. The molecule has 122 valence electrons. The van der Waals surface area contributed by atoms with Crippen molar-refractivity contribution in [2.75, 3.05) is 28.2 Å². The summed E-state index contributed by atoms with van der Waals surface area (Å²) < 4.78 is 23.3. The first-order chi connectivity index (χ1) is 10.4. The molecular weight excluding hydrogens is 296 g/mol. The molecule has 0 radical (unpaired) electrons. The van der Waals surface area contributed by atoms with Crippen molar-refractivity contribution < 1.29 is 28.5 Å². The van der Waals surface area contributed by atoms with Gasteiger partial charge in [0.25, 0.3) is 0 Å². The molecule has 4 rings (SSSR count). The highest BCUT2D eigenvalue weighted by Gasteiger charge is 2.58. The third kappa shape index (κ3) is 1.63. The van der Waals surface area contributed by atoms with Gasteiger partial charge in [-0.3, -0.25) is 19.6 Å². The molecule has 10 nitrogen and oxygen atoms in total. The van der Waals surface area contributed by atoms with E-state index >= 15 is 0 Å². The highest BCUT2D eigenvalue weighted by Crippen LogP contribution is 2.37. The Kier molecular flexibility index (Phi) is 2.83. The van der Waals surface area contributed by atoms with E-state index in [1.807, 2.05) is 0 Å². The Morgan fingerprint density at radius 1 is 0.591 bits per heavy atom. The Hall–Kier alpha value is -1.62. The number of hydrogen-bond donors (Lipinski definition) is 0. The monoisotopic (exact) mass is 314 g/mol. The Morgan fingerprint density at radius 3 is 1.05 bits per heavy atom. The van der Waals surface area contributed by atoms with Crippen LogP contribution in [0, 0.1) is 0 Å². The number of hydrogen-bond acceptors (Lipinski definition) is 6. The molecule has 0 aliphatic carbocycles. The first-order valence-corrected chi connectivity index (χ1v) is 7.01. The van der Waals surface area contributed by atoms with E-state index in [9.17, 15) is 9.59 Å². The minimum absolute atomic E-state index is 0.196. The first kappa shape index (κ1) is 14.0. The number of rotatable bonds is 0. The summed E-state index contributed by atoms with van der Waals surface area (Å²) >= 11 is 0. The van der Waals surface area contributed by atoms with Crippen LogP contribution in [0.4, 0.5) is 9.59 Å². The van der Waals surface area contributed by atoms with E-state index < -0.39 is 37.5 Å². The topological polar surface area (TPSA) is 84.0 Å². The second kappa shape index (κ2) is 4.44. The summed E-state index contributed by atoms with van der Waals surface area (Å²) in [6, 6.07) is -0.392. The van der Waals surface area contributed by atoms with E-state index in [-0.39, 0.29) is 12.1 Å². The molecule has 4 saturated heterocycles. The van der Waals surface area contributed by atoms with Gasteiger partial charge in [-0.2, -0.15) is 0 Å². The maximum Gasteiger partial charge on any atom is 0.323 e. The minimum atomic E-state index is -0.800. The normalized spacial score (nSPS) is 44.4. The quantitative estimate of drug-likeness (QED) is 0.572. The van der Waals surface area contributed by atoms with E-state index in [2.05, 4.69) is 0 Å². The van der Waals surface area contributed by atoms with Gasteiger partial charge in [0, 0.05) is 28.2 Å². The maximum absolute atomic E-state index is 12.0. The number of carbonyl (C=O) groups is 2. The average molecular weight is 314 g/mol. The number of amides is 4. The van der Waals surface area contributed by atoms with Gasteiger partial charge in [0.05, 0.1) is 0 Å². The lowest BCUT2D eigenvalue weighted by Crippen LogP contribution is -2.62. The molecule has 6 atom stereocenters. The number of nitrogens with zero attached hydrogens (tertiary/aromatic N) is 4. The molecule has 4 fully saturated rings. The molecule has 2 unspecified atom stereocenters. The Bertz CT molecular complexity index is 446. The third-order valence-corrected chi connectivity index (χ3v) is 4.54. The predicted octanol–water partition coefficient (Wildman–Crippen LogP) is -0.969. The summed E-state index contributed by atoms with van der Waals surface area (Å²) in [5, 5.41) is 0. The zero-order chi connectivity index (χ0) is 15.8. The van der Waals surface area contributed by atoms with Crippen LogP contribution >= 0.6 is 0 Å². The molecule has 0 N–H and O–H groups in total. The van der Waals surface area contributed by atoms with Crippen LogP contribution < -0.4 is 0 Å². The van der Waals surface area contributed by atoms with E-state index in [1.54, 1.807) is 28.2 Å². The molecule has 4 heterocycles. The summed E-state index contributed by atoms with van der Waals surface area (Å²) in [5.41, 5.74) is 0. The molecule has 4 amide bonds. The fourth-order valence-electron chi connectivity index (χ4n) is 3.20. The average Bonchev–Trinajstić information content (AvgIpc) is 2.85. The zero-order valence-corrected chi connectivity index (χ0v) is 12.7. The Labute approximate surface area is 127 Å². The molecule has 0 aromatic rings. The zero-order valence-electron chi connectivity index (χ0n) is 12.7. The SMILES string of the molecule is CN1C(=O)N(C)[C@@H]2OC3O[C@H]4[C@@H](OC3O[C@H]21)N(C)C(=O)N4C. The van der Waals surface area contributed by atoms with Crippen molar-refractivity contribution in [2.24, 2.45) is 0 Å². The second-order valence-electron chi connectivity index (χ2n) is 5.85. The number of carbonyl (C=O) groups excluding carboxylic acids is 2. The number of likely N-dealkylation sites (N-methyl/N-ethyl adjacent to an activating group) is 4. The molecule has 10 heteroatoms. The van der Waals surface area contributed by atoms with Crippen LogP contribution in [-0.2, 0) is 18.9 Å². The van der Waals surface area contributed by atoms with Crippen molar-refractivity contribution in [3.63, 3.8) is 0 Å². The highest BCUT2D eigenvalue weighted by atomic mass is 16.8. The van der Waals surface area contributed by atoms with Crippen LogP contribution in [0.3, 0.4) is 0 Å². The van der Waals surface area contributed by atoms with Crippen molar-refractivity contribution in [1.29, 1.82) is 0 Å². The predicted molar refractivity (Wildman–Crippen MR) is 68.9 cm³/mol. The van der Waals surface area contributed by atoms with Crippen LogP contribution in [0.5, 0.6) is 0 Å². The van der Waals surface area contributed by atoms with Crippen LogP contribution in [-0.4, -0.2) is 97.3 Å². The van der Waals surface area contributed by atoms with Gasteiger partial charge in [-0.25, -0.2) is 9.59 Å². The van der Waals surface area contributed by atoms with Crippen molar-refractivity contribution in [3.05, 3.63) is 0 Å². The number of ether oxygens (including phenoxy) is 4. The summed E-state index contributed by atoms with van der Waals surface area (Å²) in [7, 11) is 6.55. The lowest BCUT2D eigenvalue weighted by atomic mass is 10.3.